The Morgan fingerprint density at radius 1 is 1.00 bits per heavy atom. The van der Waals surface area contributed by atoms with Gasteiger partial charge in [0.2, 0.25) is 5.91 Å². The van der Waals surface area contributed by atoms with E-state index in [2.05, 4.69) is 59.3 Å². The molecular formula is C36H48N4O4S. The van der Waals surface area contributed by atoms with Crippen LogP contribution in [-0.4, -0.2) is 49.4 Å². The zero-order chi connectivity index (χ0) is 31.7. The zero-order valence-corrected chi connectivity index (χ0v) is 27.7. The molecule has 3 aliphatic carbocycles. The predicted molar refractivity (Wildman–Crippen MR) is 179 cm³/mol. The van der Waals surface area contributed by atoms with Crippen LogP contribution in [-0.2, 0) is 14.6 Å². The highest BCUT2D eigenvalue weighted by molar-refractivity contribution is 7.91. The number of aromatic nitrogens is 2. The summed E-state index contributed by atoms with van der Waals surface area (Å²) >= 11 is 0. The number of benzene rings is 2. The van der Waals surface area contributed by atoms with Gasteiger partial charge in [-0.15, -0.1) is 0 Å². The van der Waals surface area contributed by atoms with Gasteiger partial charge in [-0.05, 0) is 124 Å². The van der Waals surface area contributed by atoms with Crippen LogP contribution >= 0.6 is 0 Å². The lowest BCUT2D eigenvalue weighted by molar-refractivity contribution is -0.123. The number of carbonyl (C=O) groups is 1. The van der Waals surface area contributed by atoms with Crippen LogP contribution in [0.3, 0.4) is 0 Å². The van der Waals surface area contributed by atoms with Crippen molar-refractivity contribution in [1.29, 1.82) is 0 Å². The Labute approximate surface area is 268 Å². The fourth-order valence-electron chi connectivity index (χ4n) is 7.56. The first-order valence-electron chi connectivity index (χ1n) is 16.7. The minimum absolute atomic E-state index is 0.0966. The number of carbonyl (C=O) groups excluding carboxylic acids is 1. The molecule has 0 bridgehead atoms. The second-order valence-corrected chi connectivity index (χ2v) is 16.0. The Bertz CT molecular complexity index is 1600. The monoisotopic (exact) mass is 632 g/mol. The van der Waals surface area contributed by atoms with Gasteiger partial charge in [0.1, 0.15) is 11.1 Å². The maximum Gasteiger partial charge on any atom is 0.230 e. The Morgan fingerprint density at radius 2 is 1.73 bits per heavy atom. The largest absolute Gasteiger partial charge is 0.496 e. The molecule has 3 aromatic rings. The molecule has 3 aliphatic rings. The van der Waals surface area contributed by atoms with Gasteiger partial charge in [-0.25, -0.2) is 8.42 Å². The summed E-state index contributed by atoms with van der Waals surface area (Å²) in [4.78, 5) is 16.4. The van der Waals surface area contributed by atoms with Crippen molar-refractivity contribution in [2.75, 3.05) is 24.8 Å². The highest BCUT2D eigenvalue weighted by Gasteiger charge is 2.36. The normalized spacial score (nSPS) is 24.6. The van der Waals surface area contributed by atoms with Crippen molar-refractivity contribution in [3.05, 3.63) is 66.0 Å². The number of sulfone groups is 1. The SMILES string of the molecule is COc1ccc(C2CCC(CN(C(=O)C3CCC(C(N)S(C)(=O)=O)CC3)c3cccc(-c4cnn(C5CC5)c4)c3)CC2)cc1C. The molecule has 9 heteroatoms. The summed E-state index contributed by atoms with van der Waals surface area (Å²) in [5, 5.41) is 3.73. The summed E-state index contributed by atoms with van der Waals surface area (Å²) in [5.41, 5.74) is 11.7. The summed E-state index contributed by atoms with van der Waals surface area (Å²) in [6.45, 7) is 2.80. The molecule has 1 amide bonds. The van der Waals surface area contributed by atoms with E-state index in [1.165, 1.54) is 30.2 Å². The number of methoxy groups -OCH3 is 1. The number of anilines is 1. The number of ether oxygens (including phenoxy) is 1. The number of aryl methyl sites for hydroxylation is 1. The number of nitrogens with zero attached hydrogens (tertiary/aromatic N) is 3. The summed E-state index contributed by atoms with van der Waals surface area (Å²) in [6.07, 6.45) is 14.6. The van der Waals surface area contributed by atoms with E-state index in [0.717, 1.165) is 48.2 Å². The molecule has 3 saturated carbocycles. The molecule has 2 N–H and O–H groups in total. The molecule has 242 valence electrons. The highest BCUT2D eigenvalue weighted by atomic mass is 32.2. The van der Waals surface area contributed by atoms with Gasteiger partial charge in [0.25, 0.3) is 0 Å². The molecule has 0 aliphatic heterocycles. The van der Waals surface area contributed by atoms with Gasteiger partial charge in [-0.2, -0.15) is 5.10 Å². The van der Waals surface area contributed by atoms with Gasteiger partial charge in [0, 0.05) is 36.2 Å². The van der Waals surface area contributed by atoms with Gasteiger partial charge < -0.3 is 15.4 Å². The number of hydrogen-bond donors (Lipinski definition) is 1. The van der Waals surface area contributed by atoms with Gasteiger partial charge in [-0.3, -0.25) is 9.48 Å². The summed E-state index contributed by atoms with van der Waals surface area (Å²) < 4.78 is 31.7. The van der Waals surface area contributed by atoms with Gasteiger partial charge in [0.15, 0.2) is 9.84 Å². The van der Waals surface area contributed by atoms with Crippen molar-refractivity contribution in [1.82, 2.24) is 9.78 Å². The number of nitrogens with two attached hydrogens (primary N) is 1. The minimum atomic E-state index is -3.31. The van der Waals surface area contributed by atoms with E-state index >= 15 is 0 Å². The van der Waals surface area contributed by atoms with E-state index < -0.39 is 15.2 Å². The molecule has 6 rings (SSSR count). The maximum absolute atomic E-state index is 14.3. The summed E-state index contributed by atoms with van der Waals surface area (Å²) in [6, 6.07) is 15.4. The molecular weight excluding hydrogens is 584 g/mol. The van der Waals surface area contributed by atoms with Crippen molar-refractivity contribution in [3.63, 3.8) is 0 Å². The van der Waals surface area contributed by atoms with Crippen LogP contribution in [0.25, 0.3) is 11.1 Å². The van der Waals surface area contributed by atoms with E-state index in [9.17, 15) is 13.2 Å². The maximum atomic E-state index is 14.3. The van der Waals surface area contributed by atoms with Gasteiger partial charge in [0.05, 0.1) is 19.3 Å². The standard InChI is InChI=1S/C36H48N4O4S/c1-24-19-30(15-18-34(24)44-2)26-9-7-25(8-10-26)22-39(36(41)28-13-11-27(12-14-28)35(37)45(3,42)43)33-6-4-5-29(20-33)31-21-38-40(23-31)32-16-17-32/h4-6,15,18-21,23,25-28,32,35H,7-14,16-17,22,37H2,1-3H3. The lowest BCUT2D eigenvalue weighted by Gasteiger charge is -2.37. The molecule has 45 heavy (non-hydrogen) atoms. The van der Waals surface area contributed by atoms with Crippen LogP contribution in [0.1, 0.15) is 87.3 Å². The molecule has 8 nitrogen and oxygen atoms in total. The molecule has 1 heterocycles. The topological polar surface area (TPSA) is 108 Å². The minimum Gasteiger partial charge on any atom is -0.496 e. The molecule has 0 spiro atoms. The van der Waals surface area contributed by atoms with Crippen molar-refractivity contribution in [2.24, 2.45) is 23.5 Å². The van der Waals surface area contributed by atoms with Crippen LogP contribution in [0, 0.1) is 24.7 Å². The van der Waals surface area contributed by atoms with E-state index in [1.54, 1.807) is 7.11 Å². The first-order chi connectivity index (χ1) is 21.6. The predicted octanol–water partition coefficient (Wildman–Crippen LogP) is 6.64. The van der Waals surface area contributed by atoms with E-state index in [1.807, 2.05) is 17.2 Å². The smallest absolute Gasteiger partial charge is 0.230 e. The quantitative estimate of drug-likeness (QED) is 0.268. The van der Waals surface area contributed by atoms with Crippen LogP contribution in [0.4, 0.5) is 5.69 Å². The van der Waals surface area contributed by atoms with Crippen LogP contribution in [0.5, 0.6) is 5.75 Å². The fraction of sp³-hybridized carbons (Fsp3) is 0.556. The van der Waals surface area contributed by atoms with Crippen LogP contribution in [0.15, 0.2) is 54.9 Å². The van der Waals surface area contributed by atoms with Crippen molar-refractivity contribution < 1.29 is 17.9 Å². The molecule has 2 aromatic carbocycles. The van der Waals surface area contributed by atoms with E-state index in [-0.39, 0.29) is 17.7 Å². The van der Waals surface area contributed by atoms with Crippen molar-refractivity contribution >= 4 is 21.4 Å². The summed E-state index contributed by atoms with van der Waals surface area (Å²) in [7, 11) is -1.60. The van der Waals surface area contributed by atoms with E-state index in [4.69, 9.17) is 10.5 Å². The van der Waals surface area contributed by atoms with Gasteiger partial charge in [-0.1, -0.05) is 24.3 Å². The first-order valence-corrected chi connectivity index (χ1v) is 18.6. The first kappa shape index (κ1) is 31.8. The lowest BCUT2D eigenvalue weighted by atomic mass is 9.77. The third-order valence-corrected chi connectivity index (χ3v) is 11.9. The second kappa shape index (κ2) is 13.3. The van der Waals surface area contributed by atoms with Crippen LogP contribution < -0.4 is 15.4 Å². The average Bonchev–Trinajstić information content (AvgIpc) is 3.78. The van der Waals surface area contributed by atoms with E-state index in [0.29, 0.717) is 50.1 Å². The summed E-state index contributed by atoms with van der Waals surface area (Å²) in [5.74, 6) is 1.79. The van der Waals surface area contributed by atoms with Gasteiger partial charge >= 0.3 is 0 Å². The third kappa shape index (κ3) is 7.30. The Balaban J connectivity index is 1.19. The Kier molecular flexibility index (Phi) is 9.39. The molecule has 0 saturated heterocycles. The molecule has 1 atom stereocenters. The van der Waals surface area contributed by atoms with Crippen LogP contribution in [0.2, 0.25) is 0 Å². The second-order valence-electron chi connectivity index (χ2n) is 13.8. The third-order valence-electron chi connectivity index (χ3n) is 10.5. The number of hydrogen-bond acceptors (Lipinski definition) is 6. The zero-order valence-electron chi connectivity index (χ0n) is 26.9. The number of amides is 1. The lowest BCUT2D eigenvalue weighted by Crippen LogP contribution is -2.44. The van der Waals surface area contributed by atoms with Crippen molar-refractivity contribution in [2.45, 2.75) is 88.5 Å². The fourth-order valence-corrected chi connectivity index (χ4v) is 8.53. The average molecular weight is 633 g/mol. The molecule has 3 fully saturated rings. The van der Waals surface area contributed by atoms with Crippen molar-refractivity contribution in [3.8, 4) is 16.9 Å². The Hall–Kier alpha value is -3.17. The molecule has 1 unspecified atom stereocenters. The Morgan fingerprint density at radius 3 is 2.38 bits per heavy atom. The highest BCUT2D eigenvalue weighted by Crippen LogP contribution is 2.40. The molecule has 0 radical (unpaired) electrons. The number of rotatable bonds is 10. The molecule has 1 aromatic heterocycles.